The van der Waals surface area contributed by atoms with Crippen molar-refractivity contribution >= 4 is 34.3 Å². The average molecular weight is 515 g/mol. The van der Waals surface area contributed by atoms with Crippen molar-refractivity contribution < 1.29 is 23.8 Å². The molecule has 0 fully saturated rings. The Morgan fingerprint density at radius 2 is 1.84 bits per heavy atom. The minimum atomic E-state index is -0.534. The van der Waals surface area contributed by atoms with Crippen LogP contribution >= 0.6 is 0 Å². The first-order valence-electron chi connectivity index (χ1n) is 12.5. The van der Waals surface area contributed by atoms with Gasteiger partial charge in [0.1, 0.15) is 5.65 Å². The van der Waals surface area contributed by atoms with E-state index in [2.05, 4.69) is 24.5 Å². The zero-order valence-electron chi connectivity index (χ0n) is 21.6. The molecule has 0 saturated carbocycles. The summed E-state index contributed by atoms with van der Waals surface area (Å²) in [6, 6.07) is 17.1. The first-order chi connectivity index (χ1) is 18.4. The molecule has 1 amide bonds. The van der Waals surface area contributed by atoms with Crippen LogP contribution < -0.4 is 20.1 Å². The highest BCUT2D eigenvalue weighted by Crippen LogP contribution is 2.35. The Balaban J connectivity index is 1.49. The molecule has 196 valence electrons. The summed E-state index contributed by atoms with van der Waals surface area (Å²) in [5.74, 6) is 0.911. The van der Waals surface area contributed by atoms with Crippen molar-refractivity contribution in [1.29, 1.82) is 0 Å². The summed E-state index contributed by atoms with van der Waals surface area (Å²) in [5.41, 5.74) is 3.90. The third-order valence-electron chi connectivity index (χ3n) is 6.23. The second-order valence-corrected chi connectivity index (χ2v) is 9.57. The fourth-order valence-corrected chi connectivity index (χ4v) is 4.52. The molecule has 2 aromatic carbocycles. The number of hydrogen-bond acceptors (Lipinski definition) is 7. The largest absolute Gasteiger partial charge is 0.464 e. The molecule has 9 nitrogen and oxygen atoms in total. The van der Waals surface area contributed by atoms with Gasteiger partial charge in [0, 0.05) is 18.5 Å². The van der Waals surface area contributed by atoms with Crippen LogP contribution in [-0.2, 0) is 29.0 Å². The summed E-state index contributed by atoms with van der Waals surface area (Å²) in [7, 11) is 1.33. The molecular formula is C29H30N4O5. The highest BCUT2D eigenvalue weighted by atomic mass is 16.7. The molecule has 1 aliphatic rings. The fourth-order valence-electron chi connectivity index (χ4n) is 4.52. The molecule has 2 aromatic heterocycles. The zero-order valence-corrected chi connectivity index (χ0v) is 21.6. The second-order valence-electron chi connectivity index (χ2n) is 9.57. The van der Waals surface area contributed by atoms with Gasteiger partial charge in [-0.15, -0.1) is 0 Å². The summed E-state index contributed by atoms with van der Waals surface area (Å²) in [5, 5.41) is 7.02. The topological polar surface area (TPSA) is 104 Å². The number of esters is 1. The van der Waals surface area contributed by atoms with Crippen molar-refractivity contribution in [3.05, 3.63) is 77.6 Å². The van der Waals surface area contributed by atoms with Gasteiger partial charge in [0.15, 0.2) is 17.2 Å². The van der Waals surface area contributed by atoms with E-state index in [0.717, 1.165) is 28.3 Å². The van der Waals surface area contributed by atoms with Crippen LogP contribution in [0.1, 0.15) is 35.5 Å². The highest BCUT2D eigenvalue weighted by Gasteiger charge is 2.26. The summed E-state index contributed by atoms with van der Waals surface area (Å²) in [4.78, 5) is 30.7. The normalized spacial score (nSPS) is 12.1. The summed E-state index contributed by atoms with van der Waals surface area (Å²) in [6.45, 7) is 5.40. The Hall–Kier alpha value is -4.53. The average Bonchev–Trinajstić information content (AvgIpc) is 3.49. The first kappa shape index (κ1) is 25.1. The van der Waals surface area contributed by atoms with Crippen molar-refractivity contribution in [3.8, 4) is 11.5 Å². The fraction of sp³-hybridized carbons (Fsp3) is 0.276. The van der Waals surface area contributed by atoms with E-state index in [1.165, 1.54) is 7.11 Å². The molecule has 38 heavy (non-hydrogen) atoms. The van der Waals surface area contributed by atoms with Crippen molar-refractivity contribution in [2.75, 3.05) is 24.5 Å². The number of carbonyl (C=O) groups excluding carboxylic acids is 2. The lowest BCUT2D eigenvalue weighted by Crippen LogP contribution is -2.19. The lowest BCUT2D eigenvalue weighted by molar-refractivity contribution is -0.115. The van der Waals surface area contributed by atoms with Gasteiger partial charge in [0.2, 0.25) is 12.7 Å². The van der Waals surface area contributed by atoms with Gasteiger partial charge in [0.05, 0.1) is 31.1 Å². The first-order valence-corrected chi connectivity index (χ1v) is 12.5. The van der Waals surface area contributed by atoms with Crippen LogP contribution in [0.3, 0.4) is 0 Å². The molecule has 4 aromatic rings. The molecule has 0 bridgehead atoms. The molecule has 0 radical (unpaired) electrons. The number of fused-ring (bicyclic) bond motifs is 2. The number of ether oxygens (including phenoxy) is 3. The predicted molar refractivity (Wildman–Crippen MR) is 145 cm³/mol. The molecule has 5 rings (SSSR count). The van der Waals surface area contributed by atoms with E-state index in [4.69, 9.17) is 19.2 Å². The van der Waals surface area contributed by atoms with Crippen LogP contribution in [0.4, 0.5) is 11.4 Å². The number of benzene rings is 2. The Bertz CT molecular complexity index is 1480. The Kier molecular flexibility index (Phi) is 7.17. The Morgan fingerprint density at radius 3 is 2.61 bits per heavy atom. The molecule has 0 saturated heterocycles. The van der Waals surface area contributed by atoms with E-state index >= 15 is 0 Å². The minimum absolute atomic E-state index is 0.174. The number of rotatable bonds is 9. The third-order valence-corrected chi connectivity index (χ3v) is 6.23. The Morgan fingerprint density at radius 1 is 1.05 bits per heavy atom. The van der Waals surface area contributed by atoms with Gasteiger partial charge in [-0.3, -0.25) is 4.79 Å². The minimum Gasteiger partial charge on any atom is -0.464 e. The lowest BCUT2D eigenvalue weighted by Gasteiger charge is -2.12. The maximum absolute atomic E-state index is 13.1. The SMILES string of the molecule is COC(=O)c1c(NC(=O)Cc2ccccc2)c2cc(NCc3ccc4c(c3)OCO4)cnc2n1CC(C)C. The van der Waals surface area contributed by atoms with E-state index < -0.39 is 5.97 Å². The number of nitrogens with zero attached hydrogens (tertiary/aromatic N) is 2. The van der Waals surface area contributed by atoms with Crippen LogP contribution in [0.5, 0.6) is 11.5 Å². The number of amides is 1. The van der Waals surface area contributed by atoms with Gasteiger partial charge in [0.25, 0.3) is 0 Å². The van der Waals surface area contributed by atoms with Crippen LogP contribution in [0.2, 0.25) is 0 Å². The molecule has 0 spiro atoms. The van der Waals surface area contributed by atoms with Gasteiger partial charge in [-0.1, -0.05) is 50.2 Å². The maximum Gasteiger partial charge on any atom is 0.356 e. The molecule has 0 atom stereocenters. The number of nitrogens with one attached hydrogen (secondary N) is 2. The number of anilines is 2. The summed E-state index contributed by atoms with van der Waals surface area (Å²) >= 11 is 0. The molecule has 3 heterocycles. The number of carbonyl (C=O) groups is 2. The molecule has 9 heteroatoms. The number of methoxy groups -OCH3 is 1. The van der Waals surface area contributed by atoms with Crippen molar-refractivity contribution in [3.63, 3.8) is 0 Å². The van der Waals surface area contributed by atoms with E-state index in [0.29, 0.717) is 29.8 Å². The zero-order chi connectivity index (χ0) is 26.6. The number of aromatic nitrogens is 2. The van der Waals surface area contributed by atoms with Gasteiger partial charge in [-0.05, 0) is 35.2 Å². The maximum atomic E-state index is 13.1. The van der Waals surface area contributed by atoms with E-state index in [1.807, 2.05) is 59.2 Å². The standard InChI is InChI=1S/C29H30N4O5/c1-18(2)16-33-27(29(35)36-3)26(32-25(34)12-19-7-5-4-6-8-19)22-13-21(15-31-28(22)33)30-14-20-9-10-23-24(11-20)38-17-37-23/h4-11,13,15,18,30H,12,14,16-17H2,1-3H3,(H,32,34). The monoisotopic (exact) mass is 514 g/mol. The van der Waals surface area contributed by atoms with E-state index in [1.54, 1.807) is 6.20 Å². The van der Waals surface area contributed by atoms with Crippen LogP contribution in [0, 0.1) is 5.92 Å². The lowest BCUT2D eigenvalue weighted by atomic mass is 10.1. The molecule has 0 aliphatic carbocycles. The van der Waals surface area contributed by atoms with Crippen molar-refractivity contribution in [2.24, 2.45) is 5.92 Å². The van der Waals surface area contributed by atoms with Gasteiger partial charge in [-0.2, -0.15) is 0 Å². The molecule has 0 unspecified atom stereocenters. The number of pyridine rings is 1. The highest BCUT2D eigenvalue weighted by molar-refractivity contribution is 6.11. The van der Waals surface area contributed by atoms with Gasteiger partial charge in [-0.25, -0.2) is 9.78 Å². The summed E-state index contributed by atoms with van der Waals surface area (Å²) in [6.07, 6.45) is 1.90. The second kappa shape index (κ2) is 10.8. The van der Waals surface area contributed by atoms with Crippen LogP contribution in [0.15, 0.2) is 60.8 Å². The smallest absolute Gasteiger partial charge is 0.356 e. The van der Waals surface area contributed by atoms with E-state index in [9.17, 15) is 9.59 Å². The number of hydrogen-bond donors (Lipinski definition) is 2. The molecule has 1 aliphatic heterocycles. The van der Waals surface area contributed by atoms with E-state index in [-0.39, 0.29) is 30.7 Å². The quantitative estimate of drug-likeness (QED) is 0.303. The van der Waals surface area contributed by atoms with Gasteiger partial charge < -0.3 is 29.4 Å². The molecular weight excluding hydrogens is 484 g/mol. The van der Waals surface area contributed by atoms with Crippen LogP contribution in [-0.4, -0.2) is 35.3 Å². The van der Waals surface area contributed by atoms with Crippen molar-refractivity contribution in [2.45, 2.75) is 33.4 Å². The predicted octanol–water partition coefficient (Wildman–Crippen LogP) is 5.00. The van der Waals surface area contributed by atoms with Crippen LogP contribution in [0.25, 0.3) is 11.0 Å². The summed E-state index contributed by atoms with van der Waals surface area (Å²) < 4.78 is 17.8. The molecule has 2 N–H and O–H groups in total. The van der Waals surface area contributed by atoms with Gasteiger partial charge >= 0.3 is 5.97 Å². The van der Waals surface area contributed by atoms with Crippen molar-refractivity contribution in [1.82, 2.24) is 9.55 Å². The third kappa shape index (κ3) is 5.27. The Labute approximate surface area is 220 Å².